The van der Waals surface area contributed by atoms with Gasteiger partial charge in [-0.1, -0.05) is 18.2 Å². The molecule has 1 heterocycles. The second kappa shape index (κ2) is 4.98. The van der Waals surface area contributed by atoms with E-state index in [9.17, 15) is 0 Å². The SMILES string of the molecule is C=C(Cl)CNc1c(Br)cncc1Br. The molecular weight excluding hydrogens is 319 g/mol. The van der Waals surface area contributed by atoms with Gasteiger partial charge in [-0.3, -0.25) is 4.98 Å². The number of nitrogens with one attached hydrogen (secondary N) is 1. The van der Waals surface area contributed by atoms with E-state index in [1.54, 1.807) is 12.4 Å². The van der Waals surface area contributed by atoms with Crippen LogP contribution >= 0.6 is 43.5 Å². The molecule has 0 aromatic carbocycles. The largest absolute Gasteiger partial charge is 0.378 e. The molecule has 0 spiro atoms. The molecule has 0 aliphatic carbocycles. The molecule has 1 aromatic rings. The molecule has 0 bridgehead atoms. The Bertz CT molecular complexity index is 308. The average Bonchev–Trinajstić information content (AvgIpc) is 2.03. The van der Waals surface area contributed by atoms with E-state index >= 15 is 0 Å². The predicted octanol–water partition coefficient (Wildman–Crippen LogP) is 3.77. The molecule has 0 aliphatic rings. The lowest BCUT2D eigenvalue weighted by atomic mass is 10.4. The Morgan fingerprint density at radius 3 is 2.46 bits per heavy atom. The summed E-state index contributed by atoms with van der Waals surface area (Å²) in [6, 6.07) is 0. The zero-order valence-electron chi connectivity index (χ0n) is 6.65. The Kier molecular flexibility index (Phi) is 4.22. The van der Waals surface area contributed by atoms with Crippen LogP contribution in [0.3, 0.4) is 0 Å². The zero-order chi connectivity index (χ0) is 9.84. The second-order valence-electron chi connectivity index (χ2n) is 2.35. The highest BCUT2D eigenvalue weighted by molar-refractivity contribution is 9.11. The number of rotatable bonds is 3. The van der Waals surface area contributed by atoms with Gasteiger partial charge in [0.25, 0.3) is 0 Å². The summed E-state index contributed by atoms with van der Waals surface area (Å²) >= 11 is 12.4. The molecule has 70 valence electrons. The third kappa shape index (κ3) is 3.29. The van der Waals surface area contributed by atoms with Gasteiger partial charge in [-0.15, -0.1) is 0 Å². The summed E-state index contributed by atoms with van der Waals surface area (Å²) in [4.78, 5) is 3.98. The fourth-order valence-electron chi connectivity index (χ4n) is 0.764. The molecule has 1 N–H and O–H groups in total. The van der Waals surface area contributed by atoms with Gasteiger partial charge in [0.15, 0.2) is 0 Å². The number of anilines is 1. The highest BCUT2D eigenvalue weighted by Crippen LogP contribution is 2.29. The molecule has 2 nitrogen and oxygen atoms in total. The van der Waals surface area contributed by atoms with Crippen LogP contribution in [-0.4, -0.2) is 11.5 Å². The number of hydrogen-bond donors (Lipinski definition) is 1. The maximum atomic E-state index is 5.63. The summed E-state index contributed by atoms with van der Waals surface area (Å²) in [5.41, 5.74) is 0.928. The highest BCUT2D eigenvalue weighted by Gasteiger charge is 2.03. The maximum absolute atomic E-state index is 5.63. The molecule has 0 aliphatic heterocycles. The van der Waals surface area contributed by atoms with Crippen LogP contribution in [-0.2, 0) is 0 Å². The average molecular weight is 326 g/mol. The van der Waals surface area contributed by atoms with Crippen molar-refractivity contribution in [3.8, 4) is 0 Å². The molecule has 0 radical (unpaired) electrons. The van der Waals surface area contributed by atoms with Gasteiger partial charge in [-0.05, 0) is 31.9 Å². The fraction of sp³-hybridized carbons (Fsp3) is 0.125. The molecule has 13 heavy (non-hydrogen) atoms. The lowest BCUT2D eigenvalue weighted by Crippen LogP contribution is -2.02. The molecule has 1 rings (SSSR count). The first-order valence-electron chi connectivity index (χ1n) is 3.47. The summed E-state index contributed by atoms with van der Waals surface area (Å²) in [6.07, 6.45) is 3.42. The highest BCUT2D eigenvalue weighted by atomic mass is 79.9. The van der Waals surface area contributed by atoms with E-state index in [0.29, 0.717) is 11.6 Å². The van der Waals surface area contributed by atoms with Crippen LogP contribution in [0, 0.1) is 0 Å². The van der Waals surface area contributed by atoms with Crippen molar-refractivity contribution in [2.24, 2.45) is 0 Å². The summed E-state index contributed by atoms with van der Waals surface area (Å²) in [5, 5.41) is 3.68. The quantitative estimate of drug-likeness (QED) is 0.914. The van der Waals surface area contributed by atoms with Crippen LogP contribution in [0.25, 0.3) is 0 Å². The molecule has 5 heteroatoms. The van der Waals surface area contributed by atoms with Crippen molar-refractivity contribution in [1.82, 2.24) is 4.98 Å². The molecular formula is C8H7Br2ClN2. The van der Waals surface area contributed by atoms with Crippen molar-refractivity contribution >= 4 is 49.1 Å². The van der Waals surface area contributed by atoms with E-state index in [1.807, 2.05) is 0 Å². The Morgan fingerprint density at radius 2 is 2.00 bits per heavy atom. The van der Waals surface area contributed by atoms with E-state index in [2.05, 4.69) is 48.7 Å². The van der Waals surface area contributed by atoms with Gasteiger partial charge in [-0.25, -0.2) is 0 Å². The van der Waals surface area contributed by atoms with Crippen molar-refractivity contribution in [2.45, 2.75) is 0 Å². The fourth-order valence-corrected chi connectivity index (χ4v) is 2.04. The Morgan fingerprint density at radius 1 is 1.46 bits per heavy atom. The third-order valence-corrected chi connectivity index (χ3v) is 2.65. The van der Waals surface area contributed by atoms with Crippen molar-refractivity contribution in [1.29, 1.82) is 0 Å². The lowest BCUT2D eigenvalue weighted by molar-refractivity contribution is 1.24. The van der Waals surface area contributed by atoms with Gasteiger partial charge in [0.2, 0.25) is 0 Å². The number of nitrogens with zero attached hydrogens (tertiary/aromatic N) is 1. The van der Waals surface area contributed by atoms with Gasteiger partial charge in [0.05, 0.1) is 21.2 Å². The van der Waals surface area contributed by atoms with Crippen molar-refractivity contribution in [3.63, 3.8) is 0 Å². The number of hydrogen-bond acceptors (Lipinski definition) is 2. The van der Waals surface area contributed by atoms with Crippen LogP contribution in [0.15, 0.2) is 33.0 Å². The number of halogens is 3. The van der Waals surface area contributed by atoms with Crippen molar-refractivity contribution in [2.75, 3.05) is 11.9 Å². The first-order valence-corrected chi connectivity index (χ1v) is 5.44. The summed E-state index contributed by atoms with van der Waals surface area (Å²) < 4.78 is 1.78. The smallest absolute Gasteiger partial charge is 0.0663 e. The summed E-state index contributed by atoms with van der Waals surface area (Å²) in [5.74, 6) is 0. The molecule has 0 fully saturated rings. The van der Waals surface area contributed by atoms with Crippen LogP contribution in [0.4, 0.5) is 5.69 Å². The Hall–Kier alpha value is -0.0600. The van der Waals surface area contributed by atoms with E-state index in [-0.39, 0.29) is 0 Å². The minimum atomic E-state index is 0.531. The number of aromatic nitrogens is 1. The molecule has 1 aromatic heterocycles. The van der Waals surface area contributed by atoms with E-state index < -0.39 is 0 Å². The van der Waals surface area contributed by atoms with Crippen LogP contribution in [0.2, 0.25) is 0 Å². The standard InChI is InChI=1S/C8H7Br2ClN2/c1-5(11)2-13-8-6(9)3-12-4-7(8)10/h3-4H,1-2H2,(H,12,13). The van der Waals surface area contributed by atoms with Crippen LogP contribution in [0.1, 0.15) is 0 Å². The third-order valence-electron chi connectivity index (χ3n) is 1.31. The molecule has 0 saturated carbocycles. The number of pyridine rings is 1. The van der Waals surface area contributed by atoms with E-state index in [1.165, 1.54) is 0 Å². The van der Waals surface area contributed by atoms with Gasteiger partial charge < -0.3 is 5.32 Å². The normalized spacial score (nSPS) is 9.77. The maximum Gasteiger partial charge on any atom is 0.0663 e. The lowest BCUT2D eigenvalue weighted by Gasteiger charge is -2.08. The second-order valence-corrected chi connectivity index (χ2v) is 4.59. The van der Waals surface area contributed by atoms with E-state index in [0.717, 1.165) is 14.6 Å². The van der Waals surface area contributed by atoms with Crippen molar-refractivity contribution < 1.29 is 0 Å². The molecule has 0 amide bonds. The van der Waals surface area contributed by atoms with Crippen LogP contribution < -0.4 is 5.32 Å². The first kappa shape index (κ1) is 11.0. The first-order chi connectivity index (χ1) is 6.11. The molecule has 0 atom stereocenters. The monoisotopic (exact) mass is 324 g/mol. The minimum Gasteiger partial charge on any atom is -0.378 e. The van der Waals surface area contributed by atoms with Gasteiger partial charge >= 0.3 is 0 Å². The minimum absolute atomic E-state index is 0.531. The Labute approximate surface area is 98.6 Å². The summed E-state index contributed by atoms with van der Waals surface area (Å²) in [6.45, 7) is 4.12. The topological polar surface area (TPSA) is 24.9 Å². The zero-order valence-corrected chi connectivity index (χ0v) is 10.6. The van der Waals surface area contributed by atoms with Gasteiger partial charge in [0, 0.05) is 17.4 Å². The Balaban J connectivity index is 2.81. The molecule has 0 saturated heterocycles. The van der Waals surface area contributed by atoms with Crippen LogP contribution in [0.5, 0.6) is 0 Å². The van der Waals surface area contributed by atoms with Gasteiger partial charge in [0.1, 0.15) is 0 Å². The summed E-state index contributed by atoms with van der Waals surface area (Å²) in [7, 11) is 0. The predicted molar refractivity (Wildman–Crippen MR) is 63.1 cm³/mol. The van der Waals surface area contributed by atoms with E-state index in [4.69, 9.17) is 11.6 Å². The van der Waals surface area contributed by atoms with Crippen molar-refractivity contribution in [3.05, 3.63) is 33.0 Å². The molecule has 0 unspecified atom stereocenters. The van der Waals surface area contributed by atoms with Gasteiger partial charge in [-0.2, -0.15) is 0 Å².